The molecule has 35 heavy (non-hydrogen) atoms. The van der Waals surface area contributed by atoms with Crippen molar-refractivity contribution in [1.82, 2.24) is 30.2 Å². The highest BCUT2D eigenvalue weighted by Crippen LogP contribution is 2.33. The van der Waals surface area contributed by atoms with Gasteiger partial charge in [0, 0.05) is 55.9 Å². The molecule has 2 aliphatic heterocycles. The van der Waals surface area contributed by atoms with Crippen molar-refractivity contribution in [3.8, 4) is 5.75 Å². The molecule has 0 bridgehead atoms. The van der Waals surface area contributed by atoms with E-state index in [2.05, 4.69) is 36.5 Å². The number of ketones is 1. The maximum absolute atomic E-state index is 13.1. The second kappa shape index (κ2) is 10.3. The third-order valence-electron chi connectivity index (χ3n) is 5.99. The van der Waals surface area contributed by atoms with Gasteiger partial charge in [-0.05, 0) is 44.2 Å². The van der Waals surface area contributed by atoms with Crippen molar-refractivity contribution in [1.29, 1.82) is 0 Å². The van der Waals surface area contributed by atoms with Crippen LogP contribution >= 0.6 is 0 Å². The first-order valence-electron chi connectivity index (χ1n) is 12.0. The van der Waals surface area contributed by atoms with Crippen LogP contribution in [0.1, 0.15) is 24.2 Å². The number of nitrogens with one attached hydrogen (secondary N) is 1. The van der Waals surface area contributed by atoms with Crippen molar-refractivity contribution in [2.45, 2.75) is 32.7 Å². The Balaban J connectivity index is 1.55. The largest absolute Gasteiger partial charge is 0.489 e. The van der Waals surface area contributed by atoms with Gasteiger partial charge in [-0.15, -0.1) is 0 Å². The highest BCUT2D eigenvalue weighted by atomic mass is 16.5. The number of fused-ring (bicyclic) bond motifs is 1. The Morgan fingerprint density at radius 3 is 2.71 bits per heavy atom. The Labute approximate surface area is 203 Å². The van der Waals surface area contributed by atoms with Crippen LogP contribution in [0.2, 0.25) is 0 Å². The van der Waals surface area contributed by atoms with Crippen molar-refractivity contribution in [3.63, 3.8) is 0 Å². The van der Waals surface area contributed by atoms with Crippen LogP contribution in [-0.4, -0.2) is 75.7 Å². The molecule has 0 radical (unpaired) electrons. The van der Waals surface area contributed by atoms with Gasteiger partial charge in [0.15, 0.2) is 11.3 Å². The molecule has 1 aromatic carbocycles. The predicted molar refractivity (Wildman–Crippen MR) is 132 cm³/mol. The van der Waals surface area contributed by atoms with E-state index >= 15 is 0 Å². The summed E-state index contributed by atoms with van der Waals surface area (Å²) in [5.41, 5.74) is 2.10. The molecular weight excluding hydrogens is 444 g/mol. The molecule has 0 spiro atoms. The number of benzene rings is 1. The minimum atomic E-state index is -0.205. The first kappa shape index (κ1) is 23.1. The van der Waals surface area contributed by atoms with E-state index in [9.17, 15) is 4.79 Å². The molecule has 1 unspecified atom stereocenters. The summed E-state index contributed by atoms with van der Waals surface area (Å²) in [7, 11) is 0. The Morgan fingerprint density at radius 1 is 1.14 bits per heavy atom. The average molecular weight is 475 g/mol. The smallest absolute Gasteiger partial charge is 0.186 e. The summed E-state index contributed by atoms with van der Waals surface area (Å²) in [5, 5.41) is 12.5. The molecule has 2 aliphatic rings. The number of Topliss-reactive ketones (excluding diaryl/α,β-unsaturated/α-hetero) is 1. The van der Waals surface area contributed by atoms with Gasteiger partial charge in [0.2, 0.25) is 0 Å². The summed E-state index contributed by atoms with van der Waals surface area (Å²) in [6, 6.07) is 9.47. The molecule has 0 amide bonds. The minimum absolute atomic E-state index is 0.0223. The number of carbonyl (C=O) groups is 1. The van der Waals surface area contributed by atoms with Crippen LogP contribution in [0.25, 0.3) is 6.20 Å². The Bertz CT molecular complexity index is 1290. The van der Waals surface area contributed by atoms with E-state index in [1.165, 1.54) is 4.80 Å². The van der Waals surface area contributed by atoms with Gasteiger partial charge in [-0.25, -0.2) is 9.98 Å². The number of aromatic nitrogens is 4. The van der Waals surface area contributed by atoms with E-state index in [1.807, 2.05) is 38.1 Å². The number of piperazine rings is 1. The summed E-state index contributed by atoms with van der Waals surface area (Å²) in [6.45, 7) is 8.63. The Morgan fingerprint density at radius 2 is 1.94 bits per heavy atom. The van der Waals surface area contributed by atoms with E-state index in [-0.39, 0.29) is 24.6 Å². The van der Waals surface area contributed by atoms with Crippen LogP contribution < -0.4 is 25.7 Å². The van der Waals surface area contributed by atoms with Crippen molar-refractivity contribution in [3.05, 3.63) is 65.2 Å². The fraction of sp³-hybridized carbons (Fsp3) is 0.400. The van der Waals surface area contributed by atoms with Crippen molar-refractivity contribution < 1.29 is 9.53 Å². The van der Waals surface area contributed by atoms with Gasteiger partial charge in [-0.1, -0.05) is 0 Å². The summed E-state index contributed by atoms with van der Waals surface area (Å²) >= 11 is 0. The second-order valence-electron chi connectivity index (χ2n) is 8.94. The van der Waals surface area contributed by atoms with Gasteiger partial charge >= 0.3 is 0 Å². The normalized spacial score (nSPS) is 18.0. The van der Waals surface area contributed by atoms with Gasteiger partial charge < -0.3 is 15.0 Å². The number of hydrogen-bond donors (Lipinski definition) is 1. The van der Waals surface area contributed by atoms with Crippen LogP contribution in [0.3, 0.4) is 0 Å². The number of hydrogen-bond acceptors (Lipinski definition) is 9. The molecule has 2 aromatic heterocycles. The third kappa shape index (κ3) is 5.39. The topological polar surface area (TPSA) is 101 Å². The van der Waals surface area contributed by atoms with E-state index in [1.54, 1.807) is 24.7 Å². The minimum Gasteiger partial charge on any atom is -0.489 e. The monoisotopic (exact) mass is 474 g/mol. The van der Waals surface area contributed by atoms with Gasteiger partial charge in [0.25, 0.3) is 0 Å². The van der Waals surface area contributed by atoms with E-state index < -0.39 is 0 Å². The van der Waals surface area contributed by atoms with Crippen LogP contribution in [0.5, 0.6) is 5.75 Å². The highest BCUT2D eigenvalue weighted by Gasteiger charge is 2.27. The molecule has 0 aliphatic carbocycles. The van der Waals surface area contributed by atoms with E-state index in [0.29, 0.717) is 11.3 Å². The zero-order valence-corrected chi connectivity index (χ0v) is 20.0. The van der Waals surface area contributed by atoms with E-state index in [4.69, 9.17) is 9.73 Å². The van der Waals surface area contributed by atoms with Crippen LogP contribution in [0.4, 0.5) is 5.69 Å². The predicted octanol–water partition coefficient (Wildman–Crippen LogP) is 0.452. The zero-order chi connectivity index (χ0) is 24.2. The lowest BCUT2D eigenvalue weighted by molar-refractivity contribution is 0.0962. The molecule has 1 saturated heterocycles. The maximum atomic E-state index is 13.1. The van der Waals surface area contributed by atoms with Crippen LogP contribution in [0.15, 0.2) is 53.9 Å². The molecule has 182 valence electrons. The third-order valence-corrected chi connectivity index (χ3v) is 5.99. The summed E-state index contributed by atoms with van der Waals surface area (Å²) in [5.74, 6) is 0.631. The SMILES string of the molecule is CC(C)Oc1ccc(C(=O)Cn2nccn2)cc1N1C=c2cccnc2=NC1CN1CCNCC1. The maximum Gasteiger partial charge on any atom is 0.186 e. The first-order valence-corrected chi connectivity index (χ1v) is 12.0. The zero-order valence-electron chi connectivity index (χ0n) is 20.0. The van der Waals surface area contributed by atoms with Crippen LogP contribution in [0, 0.1) is 0 Å². The quantitative estimate of drug-likeness (QED) is 0.470. The summed E-state index contributed by atoms with van der Waals surface area (Å²) in [6.07, 6.45) is 6.73. The molecule has 4 heterocycles. The van der Waals surface area contributed by atoms with Crippen molar-refractivity contribution in [2.24, 2.45) is 4.99 Å². The molecule has 5 rings (SSSR count). The fourth-order valence-corrected chi connectivity index (χ4v) is 4.33. The van der Waals surface area contributed by atoms with Gasteiger partial charge in [-0.3, -0.25) is 9.69 Å². The van der Waals surface area contributed by atoms with Crippen LogP contribution in [-0.2, 0) is 6.54 Å². The molecule has 1 fully saturated rings. The number of nitrogens with zero attached hydrogens (tertiary/aromatic N) is 7. The molecule has 10 nitrogen and oxygen atoms in total. The lowest BCUT2D eigenvalue weighted by Crippen LogP contribution is -2.52. The highest BCUT2D eigenvalue weighted by molar-refractivity contribution is 5.97. The number of ether oxygens (including phenoxy) is 1. The summed E-state index contributed by atoms with van der Waals surface area (Å²) in [4.78, 5) is 28.5. The lowest BCUT2D eigenvalue weighted by Gasteiger charge is -2.36. The van der Waals surface area contributed by atoms with E-state index in [0.717, 1.165) is 49.1 Å². The molecule has 1 atom stereocenters. The number of rotatable bonds is 8. The Kier molecular flexibility index (Phi) is 6.82. The standard InChI is InChI=1S/C25H30N8O2/c1-18(2)35-23-6-5-19(22(34)16-33-28-8-9-29-33)14-21(23)32-15-20-4-3-7-27-25(20)30-24(32)17-31-12-10-26-11-13-31/h3-9,14-15,18,24,26H,10-13,16-17H2,1-2H3. The second-order valence-corrected chi connectivity index (χ2v) is 8.94. The van der Waals surface area contributed by atoms with Gasteiger partial charge in [0.05, 0.1) is 24.2 Å². The van der Waals surface area contributed by atoms with Crippen molar-refractivity contribution >= 4 is 17.7 Å². The fourth-order valence-electron chi connectivity index (χ4n) is 4.33. The lowest BCUT2D eigenvalue weighted by atomic mass is 10.1. The first-order chi connectivity index (χ1) is 17.1. The molecule has 0 saturated carbocycles. The Hall–Kier alpha value is -3.63. The number of carbonyl (C=O) groups excluding carboxylic acids is 1. The molecule has 1 N–H and O–H groups in total. The molecular formula is C25H30N8O2. The van der Waals surface area contributed by atoms with Gasteiger partial charge in [-0.2, -0.15) is 15.0 Å². The molecule has 3 aromatic rings. The number of anilines is 1. The molecule has 10 heteroatoms. The average Bonchev–Trinajstić information content (AvgIpc) is 3.37. The van der Waals surface area contributed by atoms with Gasteiger partial charge in [0.1, 0.15) is 18.5 Å². The number of pyridine rings is 1. The summed E-state index contributed by atoms with van der Waals surface area (Å²) < 4.78 is 6.18. The van der Waals surface area contributed by atoms with Crippen molar-refractivity contribution in [2.75, 3.05) is 37.6 Å².